The summed E-state index contributed by atoms with van der Waals surface area (Å²) in [6.07, 6.45) is 4.36. The van der Waals surface area contributed by atoms with Crippen LogP contribution < -0.4 is 4.40 Å². The fourth-order valence-corrected chi connectivity index (χ4v) is 6.29. The lowest BCUT2D eigenvalue weighted by Gasteiger charge is -2.03. The average Bonchev–Trinajstić information content (AvgIpc) is 3.53. The lowest BCUT2D eigenvalue weighted by molar-refractivity contribution is -0.511. The van der Waals surface area contributed by atoms with Crippen LogP contribution in [-0.2, 0) is 0 Å². The maximum absolute atomic E-state index is 6.57. The molecule has 3 heteroatoms. The van der Waals surface area contributed by atoms with Crippen LogP contribution in [0.5, 0.6) is 0 Å². The molecule has 35 heavy (non-hydrogen) atoms. The maximum atomic E-state index is 6.57. The molecule has 0 aliphatic rings. The highest BCUT2D eigenvalue weighted by atomic mass is 16.3. The summed E-state index contributed by atoms with van der Waals surface area (Å²) in [4.78, 5) is 0. The number of aryl methyl sites for hydroxylation is 1. The van der Waals surface area contributed by atoms with E-state index in [1.165, 1.54) is 70.7 Å². The first-order chi connectivity index (χ1) is 17.3. The summed E-state index contributed by atoms with van der Waals surface area (Å²) in [5.74, 6) is 0. The van der Waals surface area contributed by atoms with Gasteiger partial charge in [0.1, 0.15) is 11.2 Å². The number of hydrogen-bond donors (Lipinski definition) is 0. The van der Waals surface area contributed by atoms with Gasteiger partial charge in [-0.15, -0.1) is 0 Å². The van der Waals surface area contributed by atoms with Crippen LogP contribution in [-0.4, -0.2) is 4.40 Å². The van der Waals surface area contributed by atoms with E-state index in [0.717, 1.165) is 11.2 Å². The van der Waals surface area contributed by atoms with Gasteiger partial charge >= 0.3 is 0 Å². The fourth-order valence-electron chi connectivity index (χ4n) is 6.29. The Kier molecular flexibility index (Phi) is 2.99. The molecule has 0 N–H and O–H groups in total. The minimum Gasteiger partial charge on any atom is -0.455 e. The van der Waals surface area contributed by atoms with E-state index in [1.807, 2.05) is 6.07 Å². The summed E-state index contributed by atoms with van der Waals surface area (Å²) >= 11 is 0. The van der Waals surface area contributed by atoms with E-state index in [4.69, 9.17) is 4.42 Å². The first-order valence-electron chi connectivity index (χ1n) is 12.0. The summed E-state index contributed by atoms with van der Waals surface area (Å²) in [6.45, 7) is 2.14. The van der Waals surface area contributed by atoms with Crippen LogP contribution in [0.25, 0.3) is 76.3 Å². The zero-order valence-corrected chi connectivity index (χ0v) is 19.0. The van der Waals surface area contributed by atoms with Gasteiger partial charge in [0.15, 0.2) is 12.4 Å². The minimum atomic E-state index is 0.938. The number of pyridine rings is 2. The third-order valence-electron chi connectivity index (χ3n) is 7.79. The van der Waals surface area contributed by atoms with Gasteiger partial charge in [-0.3, -0.25) is 0 Å². The summed E-state index contributed by atoms with van der Waals surface area (Å²) in [5.41, 5.74) is 8.09. The molecule has 5 heterocycles. The van der Waals surface area contributed by atoms with Gasteiger partial charge in [0.25, 0.3) is 0 Å². The number of rotatable bonds is 0. The first kappa shape index (κ1) is 17.8. The van der Waals surface area contributed by atoms with Crippen molar-refractivity contribution in [3.05, 3.63) is 103 Å². The zero-order valence-electron chi connectivity index (χ0n) is 19.0. The quantitative estimate of drug-likeness (QED) is 0.171. The summed E-state index contributed by atoms with van der Waals surface area (Å²) < 4.78 is 11.2. The minimum absolute atomic E-state index is 0.938. The average molecular weight is 448 g/mol. The number of furan rings is 1. The van der Waals surface area contributed by atoms with Gasteiger partial charge in [-0.1, -0.05) is 36.4 Å². The second-order valence-electron chi connectivity index (χ2n) is 9.75. The number of fused-ring (bicyclic) bond motifs is 13. The molecule has 5 aromatic heterocycles. The van der Waals surface area contributed by atoms with E-state index in [2.05, 4.69) is 107 Å². The third-order valence-corrected chi connectivity index (χ3v) is 7.79. The predicted molar refractivity (Wildman–Crippen MR) is 144 cm³/mol. The van der Waals surface area contributed by atoms with E-state index in [0.29, 0.717) is 0 Å². The first-order valence-corrected chi connectivity index (χ1v) is 12.0. The molecule has 0 bridgehead atoms. The Morgan fingerprint density at radius 2 is 1.51 bits per heavy atom. The largest absolute Gasteiger partial charge is 0.455 e. The molecule has 0 saturated carbocycles. The van der Waals surface area contributed by atoms with Crippen molar-refractivity contribution in [1.29, 1.82) is 0 Å². The van der Waals surface area contributed by atoms with Gasteiger partial charge in [0.2, 0.25) is 5.52 Å². The molecule has 9 aromatic rings. The van der Waals surface area contributed by atoms with E-state index >= 15 is 0 Å². The van der Waals surface area contributed by atoms with E-state index in [9.17, 15) is 0 Å². The number of nitrogens with zero attached hydrogens (tertiary/aromatic N) is 2. The van der Waals surface area contributed by atoms with Crippen LogP contribution in [0.2, 0.25) is 0 Å². The van der Waals surface area contributed by atoms with Crippen molar-refractivity contribution in [1.82, 2.24) is 4.40 Å². The highest BCUT2D eigenvalue weighted by Gasteiger charge is 2.23. The molecule has 3 nitrogen and oxygen atoms in total. The normalized spacial score (nSPS) is 12.7. The number of hydrogen-bond acceptors (Lipinski definition) is 1. The van der Waals surface area contributed by atoms with Crippen molar-refractivity contribution in [2.45, 2.75) is 6.92 Å². The molecule has 0 aliphatic heterocycles. The van der Waals surface area contributed by atoms with Crippen LogP contribution in [0, 0.1) is 6.92 Å². The molecule has 0 atom stereocenters. The third kappa shape index (κ3) is 2.06. The van der Waals surface area contributed by atoms with Gasteiger partial charge < -0.3 is 8.82 Å². The van der Waals surface area contributed by atoms with Crippen molar-refractivity contribution >= 4 is 76.3 Å². The van der Waals surface area contributed by atoms with Crippen LogP contribution in [0.4, 0.5) is 0 Å². The Morgan fingerprint density at radius 1 is 0.686 bits per heavy atom. The monoisotopic (exact) mass is 447 g/mol. The van der Waals surface area contributed by atoms with Gasteiger partial charge in [0, 0.05) is 44.6 Å². The van der Waals surface area contributed by atoms with Crippen molar-refractivity contribution in [3.8, 4) is 0 Å². The predicted octanol–water partition coefficient (Wildman–Crippen LogP) is 7.94. The van der Waals surface area contributed by atoms with E-state index in [-0.39, 0.29) is 0 Å². The summed E-state index contributed by atoms with van der Waals surface area (Å²) in [6, 6.07) is 30.8. The van der Waals surface area contributed by atoms with Crippen LogP contribution in [0.1, 0.15) is 5.56 Å². The standard InChI is InChI=1S/C32H19N2O/c1-18-10-11-26-22-15-25-28(14-19(22)12-13-33(26)17-18)34-27-8-4-2-6-20(27)23-16-24-21-7-3-5-9-29(21)35-32(24)30(25)31(23)34/h2-17H,1H3/q+1. The van der Waals surface area contributed by atoms with Gasteiger partial charge in [0.05, 0.1) is 27.3 Å². The molecule has 0 saturated heterocycles. The highest BCUT2D eigenvalue weighted by molar-refractivity contribution is 6.33. The molecule has 0 unspecified atom stereocenters. The van der Waals surface area contributed by atoms with Crippen molar-refractivity contribution in [2.75, 3.05) is 0 Å². The fraction of sp³-hybridized carbons (Fsp3) is 0.0312. The molecule has 0 fully saturated rings. The molecule has 0 spiro atoms. The smallest absolute Gasteiger partial charge is 0.218 e. The lowest BCUT2D eigenvalue weighted by atomic mass is 10.0. The number of benzene rings is 4. The molecule has 9 rings (SSSR count). The Morgan fingerprint density at radius 3 is 2.46 bits per heavy atom. The van der Waals surface area contributed by atoms with Crippen molar-refractivity contribution in [3.63, 3.8) is 0 Å². The topological polar surface area (TPSA) is 21.6 Å². The van der Waals surface area contributed by atoms with E-state index < -0.39 is 0 Å². The maximum Gasteiger partial charge on any atom is 0.218 e. The second kappa shape index (κ2) is 5.89. The Hall–Kier alpha value is -4.63. The highest BCUT2D eigenvalue weighted by Crippen LogP contribution is 2.46. The van der Waals surface area contributed by atoms with Gasteiger partial charge in [-0.05, 0) is 48.7 Å². The number of para-hydroxylation sites is 2. The molecule has 0 amide bonds. The summed E-state index contributed by atoms with van der Waals surface area (Å²) in [7, 11) is 0. The Balaban J connectivity index is 1.62. The molecule has 162 valence electrons. The van der Waals surface area contributed by atoms with Crippen molar-refractivity contribution in [2.24, 2.45) is 0 Å². The molecular weight excluding hydrogens is 428 g/mol. The lowest BCUT2D eigenvalue weighted by Crippen LogP contribution is -2.20. The van der Waals surface area contributed by atoms with Gasteiger partial charge in [-0.2, -0.15) is 4.40 Å². The molecule has 0 aliphatic carbocycles. The molecule has 0 radical (unpaired) electrons. The van der Waals surface area contributed by atoms with Crippen LogP contribution in [0.3, 0.4) is 0 Å². The van der Waals surface area contributed by atoms with Gasteiger partial charge in [-0.25, -0.2) is 0 Å². The van der Waals surface area contributed by atoms with Crippen LogP contribution in [0.15, 0.2) is 102 Å². The Bertz CT molecular complexity index is 2330. The molecular formula is C32H19N2O+. The molecule has 4 aromatic carbocycles. The SMILES string of the molecule is Cc1ccc2c3cc4c5c6oc7ccccc7c6cc6c7ccccc7n(c4cc3cc[n+]2c1)c65. The Labute approximate surface area is 199 Å². The number of aromatic nitrogens is 2. The second-order valence-corrected chi connectivity index (χ2v) is 9.75. The van der Waals surface area contributed by atoms with E-state index in [1.54, 1.807) is 0 Å². The van der Waals surface area contributed by atoms with Crippen LogP contribution >= 0.6 is 0 Å². The van der Waals surface area contributed by atoms with Crippen molar-refractivity contribution < 1.29 is 8.82 Å². The summed E-state index contributed by atoms with van der Waals surface area (Å²) in [5, 5.41) is 9.85. The zero-order chi connectivity index (χ0) is 22.8.